The van der Waals surface area contributed by atoms with Crippen molar-refractivity contribution < 1.29 is 26.9 Å². The molecule has 0 spiro atoms. The summed E-state index contributed by atoms with van der Waals surface area (Å²) in [6.45, 7) is 0. The van der Waals surface area contributed by atoms with Crippen molar-refractivity contribution in [1.82, 2.24) is 4.98 Å². The number of aliphatic hydroxyl groups excluding tert-OH is 1. The summed E-state index contributed by atoms with van der Waals surface area (Å²) in [5.41, 5.74) is 1.89. The van der Waals surface area contributed by atoms with E-state index in [9.17, 15) is 5.11 Å². The molecule has 1 unspecified atom stereocenters. The van der Waals surface area contributed by atoms with E-state index in [1.165, 1.54) is 11.3 Å². The maximum Gasteiger partial charge on any atom is 0.123 e. The van der Waals surface area contributed by atoms with Crippen molar-refractivity contribution in [2.45, 2.75) is 6.10 Å². The molecule has 4 aromatic rings. The van der Waals surface area contributed by atoms with Crippen LogP contribution in [-0.2, 0) is 17.1 Å². The largest absolute Gasteiger partial charge is 0.747 e. The van der Waals surface area contributed by atoms with Crippen LogP contribution in [0.25, 0.3) is 10.6 Å². The molecule has 0 bridgehead atoms. The summed E-state index contributed by atoms with van der Waals surface area (Å²) < 4.78 is 5.22. The van der Waals surface area contributed by atoms with Gasteiger partial charge in [0.25, 0.3) is 0 Å². The molecule has 0 radical (unpaired) electrons. The van der Waals surface area contributed by atoms with Gasteiger partial charge in [0.15, 0.2) is 0 Å². The molecule has 0 amide bonds. The second kappa shape index (κ2) is 10.1. The van der Waals surface area contributed by atoms with Crippen molar-refractivity contribution in [1.29, 1.82) is 0 Å². The minimum Gasteiger partial charge on any atom is -0.747 e. The Morgan fingerprint density at radius 1 is 1.15 bits per heavy atom. The van der Waals surface area contributed by atoms with Crippen molar-refractivity contribution >= 4 is 11.3 Å². The average Bonchev–Trinajstić information content (AvgIpc) is 3.45. The van der Waals surface area contributed by atoms with Gasteiger partial charge in [-0.3, -0.25) is 0 Å². The summed E-state index contributed by atoms with van der Waals surface area (Å²) in [5.74, 6) is 0.802. The fraction of sp³-hybridized carbons (Fsp3) is 0.0952. The zero-order chi connectivity index (χ0) is 17.5. The van der Waals surface area contributed by atoms with Gasteiger partial charge < -0.3 is 39.7 Å². The van der Waals surface area contributed by atoms with Crippen LogP contribution in [0.15, 0.2) is 85.1 Å². The number of rotatable bonds is 4. The molecule has 1 aromatic heterocycles. The van der Waals surface area contributed by atoms with Crippen molar-refractivity contribution in [2.24, 2.45) is 0 Å². The summed E-state index contributed by atoms with van der Waals surface area (Å²) in [4.78, 5) is 5.24. The number of hydrogen-bond acceptors (Lipinski definition) is 4. The van der Waals surface area contributed by atoms with Gasteiger partial charge in [-0.2, -0.15) is 18.2 Å². The molecule has 1 atom stereocenters. The molecule has 140 valence electrons. The van der Waals surface area contributed by atoms with Crippen LogP contribution in [0, 0.1) is 0 Å². The fourth-order valence-electron chi connectivity index (χ4n) is 2.36. The number of benzene rings is 1. The van der Waals surface area contributed by atoms with Crippen LogP contribution in [0.4, 0.5) is 0 Å². The molecule has 1 N–H and O–H groups in total. The molecular weight excluding hydrogens is 386 g/mol. The fourth-order valence-corrected chi connectivity index (χ4v) is 3.29. The number of thiazole rings is 1. The van der Waals surface area contributed by atoms with Crippen LogP contribution in [-0.4, -0.2) is 17.2 Å². The Hall–Kier alpha value is -2.17. The first-order valence-electron chi connectivity index (χ1n) is 7.94. The summed E-state index contributed by atoms with van der Waals surface area (Å²) in [6.07, 6.45) is 1.12. The Morgan fingerprint density at radius 2 is 1.88 bits per heavy atom. The standard InChI is InChI=1S/C16H14NO2S.C5H5.Fe/c1-19-13-8-4-7-12(9-13)16-17-10-14(20-16)15(18)11-5-2-3-6-11;1-2-4-5-3-1;/h2-10,15,18H,1H3;1-5H;/q-5;-1;. The van der Waals surface area contributed by atoms with E-state index in [0.29, 0.717) is 0 Å². The number of methoxy groups -OCH3 is 1. The normalized spacial score (nSPS) is 11.0. The van der Waals surface area contributed by atoms with Crippen LogP contribution in [0.1, 0.15) is 16.5 Å². The minimum atomic E-state index is -0.609. The van der Waals surface area contributed by atoms with E-state index >= 15 is 0 Å². The topological polar surface area (TPSA) is 42.4 Å². The summed E-state index contributed by atoms with van der Waals surface area (Å²) in [7, 11) is 1.64. The molecule has 26 heavy (non-hydrogen) atoms. The van der Waals surface area contributed by atoms with Gasteiger partial charge in [0.2, 0.25) is 0 Å². The molecule has 0 saturated heterocycles. The van der Waals surface area contributed by atoms with Crippen molar-refractivity contribution in [3.05, 3.63) is 95.5 Å². The first-order chi connectivity index (χ1) is 12.3. The van der Waals surface area contributed by atoms with Crippen molar-refractivity contribution in [2.75, 3.05) is 7.11 Å². The predicted molar refractivity (Wildman–Crippen MR) is 102 cm³/mol. The first-order valence-corrected chi connectivity index (χ1v) is 8.76. The molecule has 0 aliphatic carbocycles. The van der Waals surface area contributed by atoms with Crippen molar-refractivity contribution in [3.63, 3.8) is 0 Å². The second-order valence-corrected chi connectivity index (χ2v) is 6.44. The van der Waals surface area contributed by atoms with E-state index in [1.807, 2.05) is 78.9 Å². The van der Waals surface area contributed by atoms with Crippen LogP contribution in [0.5, 0.6) is 5.75 Å². The van der Waals surface area contributed by atoms with Gasteiger partial charge in [-0.15, -0.1) is 11.3 Å². The van der Waals surface area contributed by atoms with Gasteiger partial charge in [0.05, 0.1) is 7.11 Å². The van der Waals surface area contributed by atoms with E-state index in [1.54, 1.807) is 13.3 Å². The number of aliphatic hydroxyl groups is 1. The Bertz CT molecular complexity index is 852. The zero-order valence-electron chi connectivity index (χ0n) is 14.2. The number of hydrogen-bond donors (Lipinski definition) is 1. The molecule has 0 saturated carbocycles. The molecule has 0 aliphatic rings. The zero-order valence-corrected chi connectivity index (χ0v) is 16.1. The molecule has 0 aliphatic heterocycles. The third kappa shape index (κ3) is 5.16. The second-order valence-electron chi connectivity index (χ2n) is 5.38. The Balaban J connectivity index is 0.000000351. The maximum atomic E-state index is 10.3. The van der Waals surface area contributed by atoms with Gasteiger partial charge in [0, 0.05) is 33.7 Å². The van der Waals surface area contributed by atoms with E-state index in [2.05, 4.69) is 4.98 Å². The third-order valence-corrected chi connectivity index (χ3v) is 4.77. The number of nitrogens with zero attached hydrogens (tertiary/aromatic N) is 1. The summed E-state index contributed by atoms with van der Waals surface area (Å²) in [5, 5.41) is 11.2. The van der Waals surface area contributed by atoms with E-state index in [-0.39, 0.29) is 17.1 Å². The quantitative estimate of drug-likeness (QED) is 0.383. The van der Waals surface area contributed by atoms with Crippen LogP contribution < -0.4 is 4.74 Å². The van der Waals surface area contributed by atoms with Gasteiger partial charge in [-0.05, 0) is 12.1 Å². The monoisotopic (exact) mass is 405 g/mol. The Morgan fingerprint density at radius 3 is 2.50 bits per heavy atom. The average molecular weight is 405 g/mol. The summed E-state index contributed by atoms with van der Waals surface area (Å²) >= 11 is 1.49. The van der Waals surface area contributed by atoms with Crippen molar-refractivity contribution in [3.8, 4) is 16.3 Å². The van der Waals surface area contributed by atoms with Gasteiger partial charge >= 0.3 is 0 Å². The van der Waals surface area contributed by atoms with Crippen LogP contribution in [0.2, 0.25) is 0 Å². The number of aromatic nitrogens is 1. The summed E-state index contributed by atoms with van der Waals surface area (Å²) in [6, 6.07) is 25.4. The first kappa shape index (κ1) is 20.1. The minimum absolute atomic E-state index is 0. The van der Waals surface area contributed by atoms with Gasteiger partial charge in [-0.25, -0.2) is 17.1 Å². The molecule has 0 fully saturated rings. The van der Waals surface area contributed by atoms with E-state index in [4.69, 9.17) is 4.74 Å². The smallest absolute Gasteiger partial charge is 0.123 e. The Kier molecular flexibility index (Phi) is 7.82. The van der Waals surface area contributed by atoms with Gasteiger partial charge in [0.1, 0.15) is 10.8 Å². The predicted octanol–water partition coefficient (Wildman–Crippen LogP) is 5.02. The number of ether oxygens (including phenoxy) is 1. The van der Waals surface area contributed by atoms with E-state index in [0.717, 1.165) is 26.8 Å². The molecule has 4 rings (SSSR count). The molecule has 5 heteroatoms. The third-order valence-electron chi connectivity index (χ3n) is 3.67. The molecule has 1 heterocycles. The van der Waals surface area contributed by atoms with Gasteiger partial charge in [-0.1, -0.05) is 18.2 Å². The molecular formula is C21H19FeNO2S-6. The Labute approximate surface area is 168 Å². The van der Waals surface area contributed by atoms with E-state index < -0.39 is 6.10 Å². The SMILES string of the molecule is COc1cccc(-c2ncc(C(O)[c-]3[cH-][cH-][cH-][cH-]3)s2)c1.[Fe].c1cc[cH-]c1. The maximum absolute atomic E-state index is 10.3. The van der Waals surface area contributed by atoms with Crippen LogP contribution in [0.3, 0.4) is 0 Å². The molecule has 3 nitrogen and oxygen atoms in total. The van der Waals surface area contributed by atoms with Crippen LogP contribution >= 0.6 is 11.3 Å². The molecule has 3 aromatic carbocycles.